The normalized spacial score (nSPS) is 11.3. The summed E-state index contributed by atoms with van der Waals surface area (Å²) < 4.78 is 26.9. The van der Waals surface area contributed by atoms with E-state index in [0.717, 1.165) is 11.1 Å². The molecule has 0 aromatic heterocycles. The van der Waals surface area contributed by atoms with Crippen LogP contribution in [0.3, 0.4) is 0 Å². The molecule has 0 bridgehead atoms. The highest BCUT2D eigenvalue weighted by Gasteiger charge is 2.19. The second kappa shape index (κ2) is 5.92. The Hall–Kier alpha value is -1.08. The van der Waals surface area contributed by atoms with Crippen LogP contribution in [0.15, 0.2) is 48.5 Å². The van der Waals surface area contributed by atoms with Gasteiger partial charge in [0.15, 0.2) is 21.2 Å². The van der Waals surface area contributed by atoms with Gasteiger partial charge in [0.2, 0.25) is 0 Å². The second-order valence-corrected chi connectivity index (χ2v) is 6.44. The number of hydrogen-bond acceptors (Lipinski definition) is 3. The molecule has 2 aromatic rings. The fourth-order valence-electron chi connectivity index (χ4n) is 1.58. The number of phosphoric ester groups is 1. The van der Waals surface area contributed by atoms with E-state index in [-0.39, 0.29) is 5.75 Å². The third-order valence-corrected chi connectivity index (χ3v) is 4.14. The largest absolute Gasteiger partial charge is 0.524 e. The summed E-state index contributed by atoms with van der Waals surface area (Å²) >= 11 is -1.57. The zero-order chi connectivity index (χ0) is 13.9. The topological polar surface area (TPSA) is 83.8 Å². The number of halogens is 1. The number of benzene rings is 2. The first kappa shape index (κ1) is 14.3. The standard InChI is InChI=1S/C12H10IO5P/c14-13-11-7-6-10(9-4-2-1-3-5-9)8-12(11)18-19(15,16)17/h1-8H,(H2,15,16,17). The molecule has 0 unspecified atom stereocenters. The average molecular weight is 392 g/mol. The number of hydrogen-bond donors (Lipinski definition) is 2. The van der Waals surface area contributed by atoms with Gasteiger partial charge in [-0.05, 0) is 23.3 Å². The zero-order valence-corrected chi connectivity index (χ0v) is 12.6. The van der Waals surface area contributed by atoms with Gasteiger partial charge in [-0.15, -0.1) is 0 Å². The van der Waals surface area contributed by atoms with Crippen LogP contribution in [0.1, 0.15) is 0 Å². The Kier molecular flexibility index (Phi) is 4.46. The predicted molar refractivity (Wildman–Crippen MR) is 78.0 cm³/mol. The molecule has 2 aromatic carbocycles. The van der Waals surface area contributed by atoms with Crippen molar-refractivity contribution in [2.24, 2.45) is 0 Å². The Morgan fingerprint density at radius 3 is 2.26 bits per heavy atom. The lowest BCUT2D eigenvalue weighted by Gasteiger charge is -2.10. The van der Waals surface area contributed by atoms with Crippen LogP contribution in [0.25, 0.3) is 11.1 Å². The first-order valence-electron chi connectivity index (χ1n) is 5.21. The van der Waals surface area contributed by atoms with Crippen LogP contribution in [0, 0.1) is 3.57 Å². The van der Waals surface area contributed by atoms with E-state index in [4.69, 9.17) is 9.79 Å². The fraction of sp³-hybridized carbons (Fsp3) is 0. The first-order chi connectivity index (χ1) is 8.99. The molecule has 0 spiro atoms. The van der Waals surface area contributed by atoms with Gasteiger partial charge in [0.05, 0.1) is 3.57 Å². The molecule has 0 heterocycles. The van der Waals surface area contributed by atoms with Crippen LogP contribution in [0.5, 0.6) is 5.75 Å². The fourth-order valence-corrected chi connectivity index (χ4v) is 2.97. The highest BCUT2D eigenvalue weighted by atomic mass is 127. The SMILES string of the molecule is O=Ic1ccc(-c2ccccc2)cc1OP(=O)(O)O. The molecule has 0 aliphatic rings. The highest BCUT2D eigenvalue weighted by Crippen LogP contribution is 2.41. The van der Waals surface area contributed by atoms with Gasteiger partial charge in [0.1, 0.15) is 5.75 Å². The van der Waals surface area contributed by atoms with Crippen LogP contribution >= 0.6 is 29.0 Å². The summed E-state index contributed by atoms with van der Waals surface area (Å²) in [4.78, 5) is 17.7. The minimum atomic E-state index is -4.66. The van der Waals surface area contributed by atoms with E-state index in [1.807, 2.05) is 30.3 Å². The van der Waals surface area contributed by atoms with Gasteiger partial charge in [-0.3, -0.25) is 12.9 Å². The van der Waals surface area contributed by atoms with Gasteiger partial charge >= 0.3 is 7.82 Å². The summed E-state index contributed by atoms with van der Waals surface area (Å²) in [6.07, 6.45) is 0. The Balaban J connectivity index is 2.47. The molecule has 5 nitrogen and oxygen atoms in total. The van der Waals surface area contributed by atoms with Crippen molar-refractivity contribution in [1.29, 1.82) is 0 Å². The predicted octanol–water partition coefficient (Wildman–Crippen LogP) is 3.31. The molecular formula is C12H10IO5P. The monoisotopic (exact) mass is 392 g/mol. The van der Waals surface area contributed by atoms with E-state index < -0.39 is 29.0 Å². The van der Waals surface area contributed by atoms with E-state index in [2.05, 4.69) is 4.52 Å². The average Bonchev–Trinajstić information content (AvgIpc) is 2.38. The van der Waals surface area contributed by atoms with Crippen LogP contribution in [0.2, 0.25) is 0 Å². The summed E-state index contributed by atoms with van der Waals surface area (Å²) in [5.41, 5.74) is 1.62. The maximum Gasteiger partial charge on any atom is 0.524 e. The van der Waals surface area contributed by atoms with Gasteiger partial charge in [-0.2, -0.15) is 0 Å². The zero-order valence-electron chi connectivity index (χ0n) is 9.56. The van der Waals surface area contributed by atoms with Crippen molar-refractivity contribution in [2.45, 2.75) is 0 Å². The van der Waals surface area contributed by atoms with Crippen molar-refractivity contribution in [3.63, 3.8) is 0 Å². The van der Waals surface area contributed by atoms with E-state index in [1.165, 1.54) is 6.07 Å². The van der Waals surface area contributed by atoms with Crippen molar-refractivity contribution >= 4 is 29.0 Å². The first-order valence-corrected chi connectivity index (χ1v) is 8.70. The van der Waals surface area contributed by atoms with Crippen molar-refractivity contribution in [2.75, 3.05) is 0 Å². The van der Waals surface area contributed by atoms with Crippen LogP contribution < -0.4 is 4.52 Å². The summed E-state index contributed by atoms with van der Waals surface area (Å²) in [6, 6.07) is 14.1. The smallest absolute Gasteiger partial charge is 0.403 e. The molecule has 19 heavy (non-hydrogen) atoms. The van der Waals surface area contributed by atoms with Crippen LogP contribution in [-0.4, -0.2) is 9.79 Å². The second-order valence-electron chi connectivity index (χ2n) is 3.67. The number of phosphoric acid groups is 1. The van der Waals surface area contributed by atoms with Crippen molar-refractivity contribution in [1.82, 2.24) is 0 Å². The van der Waals surface area contributed by atoms with Crippen molar-refractivity contribution in [3.8, 4) is 16.9 Å². The van der Waals surface area contributed by atoms with Gasteiger partial charge in [-0.1, -0.05) is 36.4 Å². The lowest BCUT2D eigenvalue weighted by atomic mass is 10.1. The van der Waals surface area contributed by atoms with Gasteiger partial charge in [0.25, 0.3) is 0 Å². The third-order valence-electron chi connectivity index (χ3n) is 2.34. The van der Waals surface area contributed by atoms with Gasteiger partial charge < -0.3 is 4.52 Å². The molecule has 0 fully saturated rings. The van der Waals surface area contributed by atoms with Crippen LogP contribution in [0.4, 0.5) is 0 Å². The lowest BCUT2D eigenvalue weighted by molar-refractivity contribution is 0.282. The van der Waals surface area contributed by atoms with E-state index in [0.29, 0.717) is 3.57 Å². The maximum atomic E-state index is 11.1. The number of rotatable bonds is 4. The lowest BCUT2D eigenvalue weighted by Crippen LogP contribution is -1.93. The molecule has 0 saturated carbocycles. The molecule has 0 amide bonds. The Bertz CT molecular complexity index is 638. The Morgan fingerprint density at radius 2 is 1.68 bits per heavy atom. The van der Waals surface area contributed by atoms with Crippen LogP contribution in [-0.2, 0) is 7.63 Å². The van der Waals surface area contributed by atoms with Crippen molar-refractivity contribution < 1.29 is 21.9 Å². The molecule has 7 heteroatoms. The van der Waals surface area contributed by atoms with E-state index in [1.54, 1.807) is 12.1 Å². The van der Waals surface area contributed by atoms with E-state index >= 15 is 0 Å². The van der Waals surface area contributed by atoms with Gasteiger partial charge in [-0.25, -0.2) is 4.57 Å². The molecule has 0 aliphatic heterocycles. The third kappa shape index (κ3) is 3.94. The minimum absolute atomic E-state index is 0.0301. The summed E-state index contributed by atoms with van der Waals surface area (Å²) in [7, 11) is -4.66. The molecule has 0 aliphatic carbocycles. The van der Waals surface area contributed by atoms with Crippen molar-refractivity contribution in [3.05, 3.63) is 52.1 Å². The molecular weight excluding hydrogens is 382 g/mol. The molecule has 0 atom stereocenters. The molecule has 2 N–H and O–H groups in total. The maximum absolute atomic E-state index is 11.1. The molecule has 2 rings (SSSR count). The Labute approximate surface area is 120 Å². The summed E-state index contributed by atoms with van der Waals surface area (Å²) in [5.74, 6) is -0.0301. The summed E-state index contributed by atoms with van der Waals surface area (Å²) in [5, 5.41) is 0. The van der Waals surface area contributed by atoms with Gasteiger partial charge in [0, 0.05) is 0 Å². The Morgan fingerprint density at radius 1 is 1.00 bits per heavy atom. The highest BCUT2D eigenvalue weighted by molar-refractivity contribution is 14.1. The minimum Gasteiger partial charge on any atom is -0.403 e. The molecule has 0 saturated heterocycles. The summed E-state index contributed by atoms with van der Waals surface area (Å²) in [6.45, 7) is 0. The quantitative estimate of drug-likeness (QED) is 0.616. The molecule has 0 radical (unpaired) electrons. The van der Waals surface area contributed by atoms with E-state index in [9.17, 15) is 7.63 Å². The molecule has 100 valence electrons.